The summed E-state index contributed by atoms with van der Waals surface area (Å²) in [7, 11) is 0. The molecule has 0 amide bonds. The monoisotopic (exact) mass is 252 g/mol. The third-order valence-electron chi connectivity index (χ3n) is 3.73. The Hall–Kier alpha value is -2.22. The third kappa shape index (κ3) is 1.80. The summed E-state index contributed by atoms with van der Waals surface area (Å²) < 4.78 is 0. The van der Waals surface area contributed by atoms with Crippen LogP contribution in [0.2, 0.25) is 0 Å². The molecule has 1 aliphatic carbocycles. The van der Waals surface area contributed by atoms with Crippen molar-refractivity contribution in [2.45, 2.75) is 13.3 Å². The Balaban J connectivity index is 2.36. The van der Waals surface area contributed by atoms with Gasteiger partial charge in [-0.15, -0.1) is 0 Å². The zero-order valence-electron chi connectivity index (χ0n) is 10.8. The highest BCUT2D eigenvalue weighted by atomic mass is 16.3. The van der Waals surface area contributed by atoms with Gasteiger partial charge in [-0.05, 0) is 12.3 Å². The molecule has 0 heterocycles. The van der Waals surface area contributed by atoms with Crippen LogP contribution >= 0.6 is 0 Å². The van der Waals surface area contributed by atoms with Crippen LogP contribution in [0, 0.1) is 5.92 Å². The van der Waals surface area contributed by atoms with Gasteiger partial charge in [-0.25, -0.2) is 0 Å². The quantitative estimate of drug-likeness (QED) is 0.742. The van der Waals surface area contributed by atoms with Crippen molar-refractivity contribution >= 4 is 22.9 Å². The normalized spacial score (nSPS) is 14.6. The van der Waals surface area contributed by atoms with Gasteiger partial charge in [-0.2, -0.15) is 0 Å². The highest BCUT2D eigenvalue weighted by Gasteiger charge is 2.17. The Labute approximate surface area is 112 Å². The number of fused-ring (bicyclic) bond motifs is 2. The van der Waals surface area contributed by atoms with Crippen LogP contribution in [-0.4, -0.2) is 10.2 Å². The van der Waals surface area contributed by atoms with E-state index in [0.29, 0.717) is 27.8 Å². The van der Waals surface area contributed by atoms with E-state index in [2.05, 4.69) is 19.1 Å². The van der Waals surface area contributed by atoms with Crippen molar-refractivity contribution < 1.29 is 10.2 Å². The third-order valence-corrected chi connectivity index (χ3v) is 3.73. The second-order valence-electron chi connectivity index (χ2n) is 4.86. The minimum absolute atomic E-state index is 0.237. The molecule has 0 aliphatic heterocycles. The van der Waals surface area contributed by atoms with Gasteiger partial charge < -0.3 is 10.2 Å². The van der Waals surface area contributed by atoms with Crippen LogP contribution in [0.3, 0.4) is 0 Å². The van der Waals surface area contributed by atoms with Gasteiger partial charge in [0, 0.05) is 21.9 Å². The summed E-state index contributed by atoms with van der Waals surface area (Å²) >= 11 is 0. The average molecular weight is 252 g/mol. The molecule has 0 unspecified atom stereocenters. The number of hydrogen-bond donors (Lipinski definition) is 2. The molecule has 2 nitrogen and oxygen atoms in total. The lowest BCUT2D eigenvalue weighted by molar-refractivity contribution is 0.467. The molecule has 2 aromatic rings. The Kier molecular flexibility index (Phi) is 2.79. The lowest BCUT2D eigenvalue weighted by atomic mass is 9.98. The minimum Gasteiger partial charge on any atom is -0.507 e. The molecule has 1 aliphatic rings. The first-order valence-corrected chi connectivity index (χ1v) is 6.55. The lowest BCUT2D eigenvalue weighted by Gasteiger charge is -2.11. The van der Waals surface area contributed by atoms with Crippen molar-refractivity contribution in [2.24, 2.45) is 5.92 Å². The summed E-state index contributed by atoms with van der Waals surface area (Å²) in [6.07, 6.45) is 8.95. The highest BCUT2D eigenvalue weighted by Crippen LogP contribution is 2.42. The molecule has 0 saturated heterocycles. The van der Waals surface area contributed by atoms with Crippen molar-refractivity contribution in [1.82, 2.24) is 0 Å². The highest BCUT2D eigenvalue weighted by molar-refractivity contribution is 6.00. The first kappa shape index (κ1) is 11.8. The maximum atomic E-state index is 10.4. The first-order valence-electron chi connectivity index (χ1n) is 6.55. The Morgan fingerprint density at radius 3 is 1.79 bits per heavy atom. The Morgan fingerprint density at radius 2 is 1.37 bits per heavy atom. The van der Waals surface area contributed by atoms with Crippen molar-refractivity contribution in [3.63, 3.8) is 0 Å². The molecular weight excluding hydrogens is 236 g/mol. The summed E-state index contributed by atoms with van der Waals surface area (Å²) in [6.45, 7) is 2.12. The zero-order valence-corrected chi connectivity index (χ0v) is 10.8. The minimum atomic E-state index is 0.237. The predicted molar refractivity (Wildman–Crippen MR) is 79.1 cm³/mol. The number of rotatable bonds is 1. The van der Waals surface area contributed by atoms with E-state index in [-0.39, 0.29) is 11.5 Å². The van der Waals surface area contributed by atoms with Gasteiger partial charge in [0.2, 0.25) is 0 Å². The summed E-state index contributed by atoms with van der Waals surface area (Å²) in [5.74, 6) is 0.816. The molecule has 0 fully saturated rings. The molecule has 0 spiro atoms. The topological polar surface area (TPSA) is 40.5 Å². The number of phenols is 2. The van der Waals surface area contributed by atoms with Gasteiger partial charge in [-0.1, -0.05) is 55.5 Å². The lowest BCUT2D eigenvalue weighted by Crippen LogP contribution is -1.86. The number of allylic oxidation sites excluding steroid dienone is 2. The number of benzene rings is 2. The maximum absolute atomic E-state index is 10.4. The van der Waals surface area contributed by atoms with E-state index in [1.54, 1.807) is 0 Å². The smallest absolute Gasteiger partial charge is 0.131 e. The van der Waals surface area contributed by atoms with Crippen molar-refractivity contribution in [2.75, 3.05) is 0 Å². The molecule has 2 N–H and O–H groups in total. The summed E-state index contributed by atoms with van der Waals surface area (Å²) in [5.41, 5.74) is 1.40. The van der Waals surface area contributed by atoms with Crippen LogP contribution in [0.4, 0.5) is 0 Å². The van der Waals surface area contributed by atoms with Crippen LogP contribution in [-0.2, 0) is 0 Å². The second kappa shape index (κ2) is 4.47. The molecule has 2 aromatic carbocycles. The molecule has 0 atom stereocenters. The van der Waals surface area contributed by atoms with Gasteiger partial charge in [0.25, 0.3) is 0 Å². The summed E-state index contributed by atoms with van der Waals surface area (Å²) in [5, 5.41) is 22.2. The molecule has 96 valence electrons. The Morgan fingerprint density at radius 1 is 0.895 bits per heavy atom. The largest absolute Gasteiger partial charge is 0.507 e. The van der Waals surface area contributed by atoms with Crippen molar-refractivity contribution in [1.29, 1.82) is 0 Å². The van der Waals surface area contributed by atoms with E-state index >= 15 is 0 Å². The van der Waals surface area contributed by atoms with Crippen LogP contribution in [0.1, 0.15) is 24.5 Å². The molecule has 0 saturated carbocycles. The fraction of sp³-hybridized carbons (Fsp3) is 0.176. The summed E-state index contributed by atoms with van der Waals surface area (Å²) in [6, 6.07) is 7.37. The van der Waals surface area contributed by atoms with E-state index in [4.69, 9.17) is 0 Å². The second-order valence-corrected chi connectivity index (χ2v) is 4.86. The fourth-order valence-corrected chi connectivity index (χ4v) is 2.55. The van der Waals surface area contributed by atoms with E-state index in [1.807, 2.05) is 36.4 Å². The predicted octanol–water partition coefficient (Wildman–Crippen LogP) is 4.32. The van der Waals surface area contributed by atoms with E-state index < -0.39 is 0 Å². The van der Waals surface area contributed by atoms with Crippen molar-refractivity contribution in [3.8, 4) is 11.5 Å². The van der Waals surface area contributed by atoms with Gasteiger partial charge in [0.15, 0.2) is 0 Å². The zero-order chi connectivity index (χ0) is 13.4. The van der Waals surface area contributed by atoms with Crippen LogP contribution in [0.25, 0.3) is 22.9 Å². The van der Waals surface area contributed by atoms with Gasteiger partial charge in [-0.3, -0.25) is 0 Å². The maximum Gasteiger partial charge on any atom is 0.131 e. The first-order chi connectivity index (χ1) is 9.22. The number of aromatic hydroxyl groups is 2. The van der Waals surface area contributed by atoms with Gasteiger partial charge in [0.05, 0.1) is 0 Å². The fourth-order valence-electron chi connectivity index (χ4n) is 2.55. The summed E-state index contributed by atoms with van der Waals surface area (Å²) in [4.78, 5) is 0. The van der Waals surface area contributed by atoms with Crippen LogP contribution in [0.15, 0.2) is 36.4 Å². The standard InChI is InChI=1S/C17H16O2/c1-2-11-7-9-14-15(10-8-11)17(19)13-6-4-3-5-12(13)16(14)18/h3-11,18-19H,2H2,1H3. The van der Waals surface area contributed by atoms with E-state index in [1.165, 1.54) is 0 Å². The van der Waals surface area contributed by atoms with Gasteiger partial charge >= 0.3 is 0 Å². The van der Waals surface area contributed by atoms with Crippen molar-refractivity contribution in [3.05, 3.63) is 47.5 Å². The SMILES string of the molecule is CCC1C=Cc2c(c(O)c3ccccc3c2O)C=C1. The molecule has 19 heavy (non-hydrogen) atoms. The Bertz CT molecular complexity index is 637. The van der Waals surface area contributed by atoms with E-state index in [9.17, 15) is 10.2 Å². The van der Waals surface area contributed by atoms with E-state index in [0.717, 1.165) is 6.42 Å². The molecule has 0 radical (unpaired) electrons. The van der Waals surface area contributed by atoms with Gasteiger partial charge in [0.1, 0.15) is 11.5 Å². The number of hydrogen-bond acceptors (Lipinski definition) is 2. The molecule has 0 aromatic heterocycles. The average Bonchev–Trinajstić information content (AvgIpc) is 2.67. The molecule has 3 rings (SSSR count). The molecule has 0 bridgehead atoms. The molecular formula is C17H16O2. The molecule has 2 heteroatoms. The number of phenolic OH excluding ortho intramolecular Hbond substituents is 2. The van der Waals surface area contributed by atoms with Crippen LogP contribution in [0.5, 0.6) is 11.5 Å². The van der Waals surface area contributed by atoms with Crippen LogP contribution < -0.4 is 0 Å².